The van der Waals surface area contributed by atoms with E-state index in [0.717, 1.165) is 5.56 Å². The molecule has 2 aromatic rings. The standard InChI is InChI=1S/C17H18N2O6/c20-14-8-9-19(16(21)18-14)15-7-6-13(25-15)11-24-17(22)23-10-12-4-2-1-3-5-12/h1-5,8-9,13,15H,6-7,10-11H2,(H,18,20,21)/t13-,15+/m0/s1. The molecule has 8 heteroatoms. The van der Waals surface area contributed by atoms with E-state index in [-0.39, 0.29) is 19.3 Å². The average molecular weight is 346 g/mol. The van der Waals surface area contributed by atoms with E-state index in [4.69, 9.17) is 14.2 Å². The molecule has 8 nitrogen and oxygen atoms in total. The first-order chi connectivity index (χ1) is 12.1. The molecule has 1 aromatic carbocycles. The van der Waals surface area contributed by atoms with Gasteiger partial charge in [-0.1, -0.05) is 30.3 Å². The number of aromatic nitrogens is 2. The van der Waals surface area contributed by atoms with E-state index in [2.05, 4.69) is 4.98 Å². The number of aromatic amines is 1. The lowest BCUT2D eigenvalue weighted by Gasteiger charge is -2.15. The van der Waals surface area contributed by atoms with Crippen LogP contribution < -0.4 is 11.2 Å². The molecular formula is C17H18N2O6. The summed E-state index contributed by atoms with van der Waals surface area (Å²) in [7, 11) is 0. The summed E-state index contributed by atoms with van der Waals surface area (Å²) in [6, 6.07) is 10.5. The van der Waals surface area contributed by atoms with Gasteiger partial charge >= 0.3 is 11.8 Å². The van der Waals surface area contributed by atoms with Crippen LogP contribution in [0.5, 0.6) is 0 Å². The lowest BCUT2D eigenvalue weighted by Crippen LogP contribution is -2.31. The Kier molecular flexibility index (Phi) is 5.30. The number of benzene rings is 1. The van der Waals surface area contributed by atoms with Crippen LogP contribution in [0.1, 0.15) is 24.6 Å². The van der Waals surface area contributed by atoms with Crippen LogP contribution in [0.3, 0.4) is 0 Å². The molecule has 1 aliphatic rings. The number of ether oxygens (including phenoxy) is 3. The third-order valence-corrected chi connectivity index (χ3v) is 3.83. The van der Waals surface area contributed by atoms with E-state index in [1.165, 1.54) is 16.8 Å². The number of nitrogens with one attached hydrogen (secondary N) is 1. The number of carbonyl (C=O) groups is 1. The van der Waals surface area contributed by atoms with Crippen LogP contribution in [0.25, 0.3) is 0 Å². The molecule has 0 spiro atoms. The summed E-state index contributed by atoms with van der Waals surface area (Å²) >= 11 is 0. The van der Waals surface area contributed by atoms with E-state index in [9.17, 15) is 14.4 Å². The second kappa shape index (κ2) is 7.80. The first-order valence-corrected chi connectivity index (χ1v) is 7.92. The van der Waals surface area contributed by atoms with Crippen LogP contribution in [0.15, 0.2) is 52.2 Å². The summed E-state index contributed by atoms with van der Waals surface area (Å²) in [6.07, 6.45) is 1.02. The molecule has 2 heterocycles. The van der Waals surface area contributed by atoms with Gasteiger partial charge in [0.15, 0.2) is 0 Å². The summed E-state index contributed by atoms with van der Waals surface area (Å²) in [5, 5.41) is 0. The molecule has 0 bridgehead atoms. The van der Waals surface area contributed by atoms with Crippen LogP contribution in [0.4, 0.5) is 4.79 Å². The number of nitrogens with zero attached hydrogens (tertiary/aromatic N) is 1. The van der Waals surface area contributed by atoms with E-state index < -0.39 is 23.6 Å². The van der Waals surface area contributed by atoms with Crippen LogP contribution >= 0.6 is 0 Å². The summed E-state index contributed by atoms with van der Waals surface area (Å²) in [5.41, 5.74) is -0.115. The number of hydrogen-bond donors (Lipinski definition) is 1. The van der Waals surface area contributed by atoms with Crippen LogP contribution in [0.2, 0.25) is 0 Å². The minimum absolute atomic E-state index is 0.0439. The van der Waals surface area contributed by atoms with E-state index in [1.807, 2.05) is 30.3 Å². The first-order valence-electron chi connectivity index (χ1n) is 7.92. The molecular weight excluding hydrogens is 328 g/mol. The molecule has 1 N–H and O–H groups in total. The zero-order valence-electron chi connectivity index (χ0n) is 13.4. The lowest BCUT2D eigenvalue weighted by molar-refractivity contribution is -0.0409. The molecule has 132 valence electrons. The molecule has 1 saturated heterocycles. The van der Waals surface area contributed by atoms with Crippen molar-refractivity contribution in [3.05, 3.63) is 69.0 Å². The van der Waals surface area contributed by atoms with Gasteiger partial charge in [-0.15, -0.1) is 0 Å². The Morgan fingerprint density at radius 1 is 1.16 bits per heavy atom. The van der Waals surface area contributed by atoms with E-state index >= 15 is 0 Å². The second-order valence-corrected chi connectivity index (χ2v) is 5.64. The molecule has 0 saturated carbocycles. The van der Waals surface area contributed by atoms with Crippen molar-refractivity contribution < 1.29 is 19.0 Å². The van der Waals surface area contributed by atoms with Crippen LogP contribution in [-0.2, 0) is 20.8 Å². The fourth-order valence-corrected chi connectivity index (χ4v) is 2.59. The van der Waals surface area contributed by atoms with Gasteiger partial charge in [0.25, 0.3) is 5.56 Å². The van der Waals surface area contributed by atoms with Crippen molar-refractivity contribution in [3.8, 4) is 0 Å². The summed E-state index contributed by atoms with van der Waals surface area (Å²) in [5.74, 6) is 0. The van der Waals surface area contributed by atoms with Gasteiger partial charge < -0.3 is 14.2 Å². The van der Waals surface area contributed by atoms with Gasteiger partial charge in [-0.25, -0.2) is 9.59 Å². The second-order valence-electron chi connectivity index (χ2n) is 5.64. The van der Waals surface area contributed by atoms with Crippen molar-refractivity contribution in [2.24, 2.45) is 0 Å². The van der Waals surface area contributed by atoms with Crippen LogP contribution in [-0.4, -0.2) is 28.4 Å². The van der Waals surface area contributed by atoms with Crippen molar-refractivity contribution in [1.82, 2.24) is 9.55 Å². The molecule has 0 amide bonds. The van der Waals surface area contributed by atoms with Crippen molar-refractivity contribution in [1.29, 1.82) is 0 Å². The number of carbonyl (C=O) groups excluding carboxylic acids is 1. The zero-order valence-corrected chi connectivity index (χ0v) is 13.4. The fourth-order valence-electron chi connectivity index (χ4n) is 2.59. The number of rotatable bonds is 5. The predicted octanol–water partition coefficient (Wildman–Crippen LogP) is 1.57. The maximum Gasteiger partial charge on any atom is 0.508 e. The molecule has 0 unspecified atom stereocenters. The Labute approximate surface area is 143 Å². The highest BCUT2D eigenvalue weighted by Crippen LogP contribution is 2.26. The molecule has 1 fully saturated rings. The largest absolute Gasteiger partial charge is 0.508 e. The third-order valence-electron chi connectivity index (χ3n) is 3.83. The summed E-state index contributed by atoms with van der Waals surface area (Å²) in [4.78, 5) is 36.6. The summed E-state index contributed by atoms with van der Waals surface area (Å²) in [6.45, 7) is 0.183. The number of H-pyrrole nitrogens is 1. The highest BCUT2D eigenvalue weighted by Gasteiger charge is 2.28. The molecule has 25 heavy (non-hydrogen) atoms. The normalized spacial score (nSPS) is 19.5. The Morgan fingerprint density at radius 2 is 1.96 bits per heavy atom. The SMILES string of the molecule is O=C(OCc1ccccc1)OC[C@@H]1CC[C@H](n2ccc(=O)[nH]c2=O)O1. The maximum absolute atomic E-state index is 11.7. The average Bonchev–Trinajstić information content (AvgIpc) is 3.08. The molecule has 0 radical (unpaired) electrons. The fraction of sp³-hybridized carbons (Fsp3) is 0.353. The minimum Gasteiger partial charge on any atom is -0.432 e. The Balaban J connectivity index is 1.44. The summed E-state index contributed by atoms with van der Waals surface area (Å²) < 4.78 is 17.1. The quantitative estimate of drug-likeness (QED) is 0.825. The Bertz CT molecular complexity index is 829. The molecule has 0 aliphatic carbocycles. The number of hydrogen-bond acceptors (Lipinski definition) is 6. The van der Waals surface area contributed by atoms with Gasteiger partial charge in [-0.3, -0.25) is 14.3 Å². The van der Waals surface area contributed by atoms with Crippen molar-refractivity contribution in [3.63, 3.8) is 0 Å². The molecule has 3 rings (SSSR count). The van der Waals surface area contributed by atoms with Gasteiger partial charge in [0.1, 0.15) is 19.4 Å². The first kappa shape index (κ1) is 17.0. The smallest absolute Gasteiger partial charge is 0.432 e. The van der Waals surface area contributed by atoms with Crippen molar-refractivity contribution in [2.45, 2.75) is 31.8 Å². The van der Waals surface area contributed by atoms with Crippen molar-refractivity contribution in [2.75, 3.05) is 6.61 Å². The predicted molar refractivity (Wildman–Crippen MR) is 87.0 cm³/mol. The Hall–Kier alpha value is -2.87. The molecule has 2 atom stereocenters. The van der Waals surface area contributed by atoms with Crippen molar-refractivity contribution >= 4 is 6.16 Å². The van der Waals surface area contributed by atoms with Gasteiger partial charge in [0, 0.05) is 12.3 Å². The molecule has 1 aromatic heterocycles. The minimum atomic E-state index is -0.767. The van der Waals surface area contributed by atoms with Gasteiger partial charge in [-0.05, 0) is 18.4 Å². The Morgan fingerprint density at radius 3 is 2.72 bits per heavy atom. The van der Waals surface area contributed by atoms with Gasteiger partial charge in [0.2, 0.25) is 0 Å². The lowest BCUT2D eigenvalue weighted by atomic mass is 10.2. The monoisotopic (exact) mass is 346 g/mol. The topological polar surface area (TPSA) is 99.6 Å². The van der Waals surface area contributed by atoms with Gasteiger partial charge in [0.05, 0.1) is 6.10 Å². The molecule has 1 aliphatic heterocycles. The van der Waals surface area contributed by atoms with Crippen LogP contribution in [0, 0.1) is 0 Å². The third kappa shape index (κ3) is 4.57. The van der Waals surface area contributed by atoms with E-state index in [1.54, 1.807) is 0 Å². The zero-order chi connectivity index (χ0) is 17.6. The highest BCUT2D eigenvalue weighted by molar-refractivity contribution is 5.59. The van der Waals surface area contributed by atoms with Gasteiger partial charge in [-0.2, -0.15) is 0 Å². The maximum atomic E-state index is 11.7. The van der Waals surface area contributed by atoms with E-state index in [0.29, 0.717) is 12.8 Å². The highest BCUT2D eigenvalue weighted by atomic mass is 16.7.